The van der Waals surface area contributed by atoms with E-state index in [0.717, 1.165) is 82.8 Å². The highest BCUT2D eigenvalue weighted by atomic mass is 16.4. The zero-order valence-electron chi connectivity index (χ0n) is 33.7. The predicted octanol–water partition coefficient (Wildman–Crippen LogP) is 15.8. The summed E-state index contributed by atoms with van der Waals surface area (Å²) in [4.78, 5) is 4.66. The lowest BCUT2D eigenvalue weighted by atomic mass is 9.99. The van der Waals surface area contributed by atoms with E-state index in [2.05, 4.69) is 201 Å². The van der Waals surface area contributed by atoms with Gasteiger partial charge in [0.2, 0.25) is 0 Å². The van der Waals surface area contributed by atoms with E-state index in [1.54, 1.807) is 0 Å². The molecule has 0 bridgehead atoms. The molecule has 0 unspecified atom stereocenters. The van der Waals surface area contributed by atoms with Crippen molar-refractivity contribution < 1.29 is 8.83 Å². The molecule has 0 saturated carbocycles. The second-order valence-corrected chi connectivity index (χ2v) is 15.9. The van der Waals surface area contributed by atoms with Crippen LogP contribution in [0.2, 0.25) is 0 Å². The molecular weight excluding hydrogens is 735 g/mol. The molecule has 5 nitrogen and oxygen atoms in total. The molecule has 0 spiro atoms. The molecule has 286 valence electrons. The quantitative estimate of drug-likeness (QED) is 0.168. The first-order valence-corrected chi connectivity index (χ1v) is 20.3. The largest absolute Gasteiger partial charge is 0.452 e. The maximum absolute atomic E-state index is 10.6. The van der Waals surface area contributed by atoms with Gasteiger partial charge in [-0.3, -0.25) is 0 Å². The summed E-state index contributed by atoms with van der Waals surface area (Å²) in [5, 5.41) is 18.3. The van der Waals surface area contributed by atoms with Gasteiger partial charge in [0.25, 0.3) is 0 Å². The van der Waals surface area contributed by atoms with Crippen LogP contribution in [0.3, 0.4) is 0 Å². The average Bonchev–Trinajstić information content (AvgIpc) is 3.82. The zero-order valence-corrected chi connectivity index (χ0v) is 33.7. The van der Waals surface area contributed by atoms with Crippen LogP contribution in [0.15, 0.2) is 173 Å². The molecule has 60 heavy (non-hydrogen) atoms. The third-order valence-corrected chi connectivity index (χ3v) is 12.1. The lowest BCUT2D eigenvalue weighted by Gasteiger charge is -2.28. The van der Waals surface area contributed by atoms with Gasteiger partial charge in [0.15, 0.2) is 11.2 Å². The van der Waals surface area contributed by atoms with Crippen LogP contribution in [0.1, 0.15) is 27.8 Å². The fourth-order valence-electron chi connectivity index (χ4n) is 9.07. The Kier molecular flexibility index (Phi) is 8.05. The summed E-state index contributed by atoms with van der Waals surface area (Å²) in [6.45, 7) is 8.61. The molecule has 0 radical (unpaired) electrons. The van der Waals surface area contributed by atoms with Crippen molar-refractivity contribution in [3.05, 3.63) is 192 Å². The normalized spacial score (nSPS) is 11.7. The minimum Gasteiger partial charge on any atom is -0.452 e. The highest BCUT2D eigenvalue weighted by molar-refractivity contribution is 6.23. The van der Waals surface area contributed by atoms with Gasteiger partial charge in [0, 0.05) is 55.7 Å². The molecule has 2 aromatic heterocycles. The van der Waals surface area contributed by atoms with E-state index < -0.39 is 0 Å². The molecule has 0 aliphatic rings. The summed E-state index contributed by atoms with van der Waals surface area (Å²) in [5.41, 5.74) is 14.6. The van der Waals surface area contributed by atoms with Crippen molar-refractivity contribution in [2.24, 2.45) is 0 Å². The van der Waals surface area contributed by atoms with E-state index in [1.807, 2.05) is 6.07 Å². The van der Waals surface area contributed by atoms with Crippen LogP contribution in [0, 0.1) is 39.0 Å². The van der Waals surface area contributed by atoms with Crippen molar-refractivity contribution in [3.8, 4) is 6.07 Å². The van der Waals surface area contributed by atoms with Crippen LogP contribution < -0.4 is 9.80 Å². The first kappa shape index (κ1) is 35.4. The summed E-state index contributed by atoms with van der Waals surface area (Å²) in [7, 11) is 0. The third-order valence-electron chi connectivity index (χ3n) is 12.1. The number of para-hydroxylation sites is 4. The van der Waals surface area contributed by atoms with Gasteiger partial charge in [0.1, 0.15) is 11.2 Å². The summed E-state index contributed by atoms with van der Waals surface area (Å²) >= 11 is 0. The van der Waals surface area contributed by atoms with Crippen molar-refractivity contribution in [3.63, 3.8) is 0 Å². The Morgan fingerprint density at radius 3 is 1.27 bits per heavy atom. The second kappa shape index (κ2) is 13.7. The van der Waals surface area contributed by atoms with E-state index in [0.29, 0.717) is 22.3 Å². The zero-order chi connectivity index (χ0) is 40.6. The number of hydrogen-bond donors (Lipinski definition) is 0. The monoisotopic (exact) mass is 773 g/mol. The lowest BCUT2D eigenvalue weighted by Crippen LogP contribution is -2.12. The second-order valence-electron chi connectivity index (χ2n) is 15.9. The Balaban J connectivity index is 1.07. The van der Waals surface area contributed by atoms with E-state index in [9.17, 15) is 5.26 Å². The Labute approximate surface area is 347 Å². The number of nitrogens with zero attached hydrogens (tertiary/aromatic N) is 3. The molecule has 11 aromatic rings. The standard InChI is InChI=1S/C55H39N3O2/c1-33-13-5-9-17-47(33)57(48-18-10-6-14-34(48)2)42-23-21-37-27-44-45-29-41(32-56)53-46-28-38-22-24-43(58(49-19-11-7-15-35(49)3)50-20-12-8-16-36(50)4)26-40(38)31-52(46)60-55(53)54(45)59-51(44)30-39(37)25-42/h5-31H,1-4H3. The average molecular weight is 774 g/mol. The first-order valence-electron chi connectivity index (χ1n) is 20.3. The Morgan fingerprint density at radius 2 is 0.817 bits per heavy atom. The summed E-state index contributed by atoms with van der Waals surface area (Å²) in [5.74, 6) is 0. The van der Waals surface area contributed by atoms with Gasteiger partial charge in [-0.05, 0) is 150 Å². The molecule has 9 aromatic carbocycles. The molecule has 0 aliphatic carbocycles. The Hall–Kier alpha value is -7.81. The van der Waals surface area contributed by atoms with Gasteiger partial charge >= 0.3 is 0 Å². The van der Waals surface area contributed by atoms with E-state index in [1.165, 1.54) is 22.3 Å². The number of furan rings is 2. The summed E-state index contributed by atoms with van der Waals surface area (Å²) in [6, 6.07) is 60.1. The van der Waals surface area contributed by atoms with E-state index in [4.69, 9.17) is 8.83 Å². The molecule has 0 N–H and O–H groups in total. The number of benzene rings is 9. The van der Waals surface area contributed by atoms with Gasteiger partial charge in [0.05, 0.1) is 11.6 Å². The Morgan fingerprint density at radius 1 is 0.400 bits per heavy atom. The van der Waals surface area contributed by atoms with Crippen molar-refractivity contribution in [1.82, 2.24) is 0 Å². The predicted molar refractivity (Wildman–Crippen MR) is 249 cm³/mol. The maximum Gasteiger partial charge on any atom is 0.179 e. The van der Waals surface area contributed by atoms with Crippen molar-refractivity contribution in [2.45, 2.75) is 27.7 Å². The third kappa shape index (κ3) is 5.53. The van der Waals surface area contributed by atoms with Gasteiger partial charge < -0.3 is 18.6 Å². The van der Waals surface area contributed by atoms with Gasteiger partial charge in [-0.2, -0.15) is 5.26 Å². The molecule has 0 amide bonds. The van der Waals surface area contributed by atoms with Crippen LogP contribution in [0.25, 0.3) is 65.4 Å². The molecule has 0 fully saturated rings. The van der Waals surface area contributed by atoms with Gasteiger partial charge in [-0.25, -0.2) is 0 Å². The van der Waals surface area contributed by atoms with Crippen LogP contribution in [-0.2, 0) is 0 Å². The number of hydrogen-bond acceptors (Lipinski definition) is 5. The molecule has 11 rings (SSSR count). The number of rotatable bonds is 6. The molecular formula is C55H39N3O2. The van der Waals surface area contributed by atoms with Crippen molar-refractivity contribution in [1.29, 1.82) is 5.26 Å². The number of aryl methyl sites for hydroxylation is 4. The first-order chi connectivity index (χ1) is 29.3. The van der Waals surface area contributed by atoms with Crippen LogP contribution >= 0.6 is 0 Å². The van der Waals surface area contributed by atoms with Crippen molar-refractivity contribution in [2.75, 3.05) is 9.80 Å². The highest BCUT2D eigenvalue weighted by Gasteiger charge is 2.23. The molecule has 0 saturated heterocycles. The summed E-state index contributed by atoms with van der Waals surface area (Å²) < 4.78 is 13.5. The van der Waals surface area contributed by atoms with Gasteiger partial charge in [-0.15, -0.1) is 0 Å². The SMILES string of the molecule is Cc1ccccc1N(c1ccc2cc3c(cc2c1)oc1c3cc(C#N)c2c3cc4ccc(N(c5ccccc5C)c5ccccc5C)cc4cc3oc12)c1ccccc1C. The van der Waals surface area contributed by atoms with E-state index in [-0.39, 0.29) is 0 Å². The highest BCUT2D eigenvalue weighted by Crippen LogP contribution is 2.45. The summed E-state index contributed by atoms with van der Waals surface area (Å²) in [6.07, 6.45) is 0. The number of anilines is 6. The molecule has 0 atom stereocenters. The fraction of sp³-hybridized carbons (Fsp3) is 0.0727. The minimum atomic E-state index is 0.558. The van der Waals surface area contributed by atoms with Gasteiger partial charge in [-0.1, -0.05) is 84.9 Å². The topological polar surface area (TPSA) is 56.6 Å². The van der Waals surface area contributed by atoms with Crippen LogP contribution in [-0.4, -0.2) is 0 Å². The number of fused-ring (bicyclic) bond motifs is 9. The smallest absolute Gasteiger partial charge is 0.179 e. The van der Waals surface area contributed by atoms with Crippen LogP contribution in [0.4, 0.5) is 34.1 Å². The number of nitriles is 1. The maximum atomic E-state index is 10.6. The molecule has 2 heterocycles. The van der Waals surface area contributed by atoms with Crippen LogP contribution in [0.5, 0.6) is 0 Å². The lowest BCUT2D eigenvalue weighted by molar-refractivity contribution is 0.634. The Bertz CT molecular complexity index is 3490. The molecule has 5 heteroatoms. The minimum absolute atomic E-state index is 0.558. The van der Waals surface area contributed by atoms with Crippen molar-refractivity contribution >= 4 is 99.5 Å². The molecule has 0 aliphatic heterocycles. The van der Waals surface area contributed by atoms with E-state index >= 15 is 0 Å². The fourth-order valence-corrected chi connectivity index (χ4v) is 9.07.